The van der Waals surface area contributed by atoms with Gasteiger partial charge in [0.1, 0.15) is 18.1 Å². The van der Waals surface area contributed by atoms with E-state index in [4.69, 9.17) is 15.3 Å². The molecule has 1 heterocycles. The number of carbonyl (C=O) groups is 1. The second kappa shape index (κ2) is 5.92. The Labute approximate surface area is 110 Å². The first kappa shape index (κ1) is 13.0. The lowest BCUT2D eigenvalue weighted by Gasteiger charge is -2.07. The Morgan fingerprint density at radius 2 is 1.95 bits per heavy atom. The molecule has 100 valence electrons. The number of hydrogen-bond donors (Lipinski definition) is 4. The molecule has 19 heavy (non-hydrogen) atoms. The smallest absolute Gasteiger partial charge is 0.316 e. The van der Waals surface area contributed by atoms with Gasteiger partial charge >= 0.3 is 6.03 Å². The number of rotatable bonds is 5. The van der Waals surface area contributed by atoms with E-state index in [0.29, 0.717) is 18.0 Å². The lowest BCUT2D eigenvalue weighted by Crippen LogP contribution is -2.19. The van der Waals surface area contributed by atoms with E-state index in [1.54, 1.807) is 30.3 Å². The molecule has 2 amide bonds. The summed E-state index contributed by atoms with van der Waals surface area (Å²) >= 11 is 0. The molecule has 0 saturated carbocycles. The Kier molecular flexibility index (Phi) is 4.04. The number of primary amides is 1. The van der Waals surface area contributed by atoms with E-state index in [1.807, 2.05) is 6.07 Å². The predicted molar refractivity (Wildman–Crippen MR) is 71.6 cm³/mol. The largest absolute Gasteiger partial charge is 0.462 e. The van der Waals surface area contributed by atoms with Gasteiger partial charge in [-0.15, -0.1) is 0 Å². The Hall–Kier alpha value is -2.47. The summed E-state index contributed by atoms with van der Waals surface area (Å²) in [4.78, 5) is 10.7. The lowest BCUT2D eigenvalue weighted by atomic mass is 10.2. The molecule has 0 atom stereocenters. The molecule has 2 aromatic rings. The van der Waals surface area contributed by atoms with Crippen molar-refractivity contribution in [2.45, 2.75) is 13.2 Å². The average Bonchev–Trinajstić information content (AvgIpc) is 2.84. The maximum Gasteiger partial charge on any atom is 0.316 e. The first-order chi connectivity index (χ1) is 9.17. The van der Waals surface area contributed by atoms with Gasteiger partial charge in [-0.2, -0.15) is 0 Å². The number of aliphatic hydroxyl groups excluding tert-OH is 1. The molecule has 0 aliphatic carbocycles. The first-order valence-corrected chi connectivity index (χ1v) is 5.76. The van der Waals surface area contributed by atoms with Crippen LogP contribution in [0.25, 0.3) is 0 Å². The maximum absolute atomic E-state index is 10.7. The molecular formula is C13H15N3O3. The second-order valence-corrected chi connectivity index (χ2v) is 3.95. The van der Waals surface area contributed by atoms with E-state index in [0.717, 1.165) is 11.4 Å². The SMILES string of the molecule is NC(=O)Nc1cccc(NCc2ccc(CO)o2)c1. The first-order valence-electron chi connectivity index (χ1n) is 5.76. The minimum Gasteiger partial charge on any atom is -0.462 e. The number of benzene rings is 1. The second-order valence-electron chi connectivity index (χ2n) is 3.95. The van der Waals surface area contributed by atoms with Crippen molar-refractivity contribution < 1.29 is 14.3 Å². The van der Waals surface area contributed by atoms with Crippen molar-refractivity contribution in [1.29, 1.82) is 0 Å². The van der Waals surface area contributed by atoms with Crippen LogP contribution in [0.2, 0.25) is 0 Å². The van der Waals surface area contributed by atoms with Crippen molar-refractivity contribution in [1.82, 2.24) is 0 Å². The summed E-state index contributed by atoms with van der Waals surface area (Å²) in [5, 5.41) is 14.5. The molecule has 0 aliphatic heterocycles. The van der Waals surface area contributed by atoms with E-state index in [2.05, 4.69) is 10.6 Å². The standard InChI is InChI=1S/C13H15N3O3/c14-13(18)16-10-3-1-2-9(6-10)15-7-11-4-5-12(8-17)19-11/h1-6,15,17H,7-8H2,(H3,14,16,18). The van der Waals surface area contributed by atoms with Crippen molar-refractivity contribution in [3.8, 4) is 0 Å². The van der Waals surface area contributed by atoms with E-state index < -0.39 is 6.03 Å². The topological polar surface area (TPSA) is 101 Å². The molecule has 0 spiro atoms. The van der Waals surface area contributed by atoms with Crippen molar-refractivity contribution >= 4 is 17.4 Å². The molecular weight excluding hydrogens is 246 g/mol. The van der Waals surface area contributed by atoms with Crippen molar-refractivity contribution in [3.63, 3.8) is 0 Å². The van der Waals surface area contributed by atoms with Gasteiger partial charge in [0.15, 0.2) is 0 Å². The number of furan rings is 1. The highest BCUT2D eigenvalue weighted by atomic mass is 16.4. The van der Waals surface area contributed by atoms with Crippen LogP contribution in [0.15, 0.2) is 40.8 Å². The van der Waals surface area contributed by atoms with Gasteiger partial charge in [-0.05, 0) is 30.3 Å². The molecule has 6 heteroatoms. The number of amides is 2. The minimum atomic E-state index is -0.601. The summed E-state index contributed by atoms with van der Waals surface area (Å²) in [6, 6.07) is 10.1. The van der Waals surface area contributed by atoms with Gasteiger partial charge in [0.25, 0.3) is 0 Å². The quantitative estimate of drug-likeness (QED) is 0.660. The number of nitrogens with two attached hydrogens (primary N) is 1. The van der Waals surface area contributed by atoms with Crippen LogP contribution in [0.3, 0.4) is 0 Å². The fourth-order valence-corrected chi connectivity index (χ4v) is 1.64. The summed E-state index contributed by atoms with van der Waals surface area (Å²) in [5.74, 6) is 1.25. The number of nitrogens with one attached hydrogen (secondary N) is 2. The van der Waals surface area contributed by atoms with E-state index >= 15 is 0 Å². The lowest BCUT2D eigenvalue weighted by molar-refractivity contribution is 0.244. The summed E-state index contributed by atoms with van der Waals surface area (Å²) in [6.45, 7) is 0.373. The minimum absolute atomic E-state index is 0.113. The Morgan fingerprint density at radius 3 is 2.63 bits per heavy atom. The van der Waals surface area contributed by atoms with Crippen molar-refractivity contribution in [2.24, 2.45) is 5.73 Å². The zero-order valence-electron chi connectivity index (χ0n) is 10.2. The number of hydrogen-bond acceptors (Lipinski definition) is 4. The molecule has 1 aromatic heterocycles. The highest BCUT2D eigenvalue weighted by molar-refractivity contribution is 5.88. The molecule has 0 unspecified atom stereocenters. The van der Waals surface area contributed by atoms with Gasteiger partial charge < -0.3 is 25.9 Å². The van der Waals surface area contributed by atoms with Crippen molar-refractivity contribution in [3.05, 3.63) is 47.9 Å². The van der Waals surface area contributed by atoms with Gasteiger partial charge in [0.2, 0.25) is 0 Å². The highest BCUT2D eigenvalue weighted by Crippen LogP contribution is 2.16. The molecule has 5 N–H and O–H groups in total. The van der Waals surface area contributed by atoms with Crippen LogP contribution < -0.4 is 16.4 Å². The summed E-state index contributed by atoms with van der Waals surface area (Å²) < 4.78 is 5.35. The number of carbonyl (C=O) groups excluding carboxylic acids is 1. The van der Waals surface area contributed by atoms with Crippen LogP contribution in [0.4, 0.5) is 16.2 Å². The molecule has 0 fully saturated rings. The molecule has 1 aromatic carbocycles. The van der Waals surface area contributed by atoms with E-state index in [1.165, 1.54) is 0 Å². The molecule has 6 nitrogen and oxygen atoms in total. The average molecular weight is 261 g/mol. The fourth-order valence-electron chi connectivity index (χ4n) is 1.64. The third kappa shape index (κ3) is 3.75. The van der Waals surface area contributed by atoms with Gasteiger partial charge in [-0.3, -0.25) is 0 Å². The third-order valence-electron chi connectivity index (χ3n) is 2.47. The Balaban J connectivity index is 1.97. The van der Waals surface area contributed by atoms with Crippen LogP contribution in [-0.2, 0) is 13.2 Å². The van der Waals surface area contributed by atoms with Crippen LogP contribution in [0, 0.1) is 0 Å². The van der Waals surface area contributed by atoms with Crippen LogP contribution >= 0.6 is 0 Å². The normalized spacial score (nSPS) is 10.2. The van der Waals surface area contributed by atoms with Gasteiger partial charge in [0, 0.05) is 11.4 Å². The van der Waals surface area contributed by atoms with Gasteiger partial charge in [-0.25, -0.2) is 4.79 Å². The zero-order valence-corrected chi connectivity index (χ0v) is 10.2. The molecule has 0 bridgehead atoms. The van der Waals surface area contributed by atoms with Crippen LogP contribution in [0.1, 0.15) is 11.5 Å². The monoisotopic (exact) mass is 261 g/mol. The Morgan fingerprint density at radius 1 is 1.21 bits per heavy atom. The summed E-state index contributed by atoms with van der Waals surface area (Å²) in [5.41, 5.74) is 6.49. The van der Waals surface area contributed by atoms with Crippen LogP contribution in [0.5, 0.6) is 0 Å². The Bertz CT molecular complexity index is 566. The number of anilines is 2. The maximum atomic E-state index is 10.7. The predicted octanol–water partition coefficient (Wildman–Crippen LogP) is 1.87. The number of urea groups is 1. The summed E-state index contributed by atoms with van der Waals surface area (Å²) in [7, 11) is 0. The van der Waals surface area contributed by atoms with Gasteiger partial charge in [0.05, 0.1) is 6.54 Å². The van der Waals surface area contributed by atoms with Crippen LogP contribution in [-0.4, -0.2) is 11.1 Å². The molecule has 0 aliphatic rings. The molecule has 0 radical (unpaired) electrons. The van der Waals surface area contributed by atoms with Gasteiger partial charge in [-0.1, -0.05) is 6.07 Å². The fraction of sp³-hybridized carbons (Fsp3) is 0.154. The van der Waals surface area contributed by atoms with E-state index in [9.17, 15) is 4.79 Å². The third-order valence-corrected chi connectivity index (χ3v) is 2.47. The van der Waals surface area contributed by atoms with E-state index in [-0.39, 0.29) is 6.61 Å². The summed E-state index contributed by atoms with van der Waals surface area (Å²) in [6.07, 6.45) is 0. The molecule has 2 rings (SSSR count). The number of aliphatic hydroxyl groups is 1. The molecule has 0 saturated heterocycles. The highest BCUT2D eigenvalue weighted by Gasteiger charge is 2.02. The van der Waals surface area contributed by atoms with Crippen molar-refractivity contribution in [2.75, 3.05) is 10.6 Å². The zero-order chi connectivity index (χ0) is 13.7.